The van der Waals surface area contributed by atoms with Crippen LogP contribution in [-0.2, 0) is 10.8 Å². The average molecular weight is 690 g/mol. The number of benzene rings is 8. The summed E-state index contributed by atoms with van der Waals surface area (Å²) in [4.78, 5) is 2.48. The van der Waals surface area contributed by atoms with E-state index in [1.165, 1.54) is 66.8 Å². The Morgan fingerprint density at radius 3 is 1.48 bits per heavy atom. The van der Waals surface area contributed by atoms with Crippen molar-refractivity contribution in [1.82, 2.24) is 0 Å². The lowest BCUT2D eigenvalue weighted by Gasteiger charge is -2.32. The third-order valence-electron chi connectivity index (χ3n) is 12.7. The molecule has 1 spiro atoms. The Bertz CT molecular complexity index is 2990. The minimum Gasteiger partial charge on any atom is -0.456 e. The first kappa shape index (κ1) is 29.9. The molecule has 0 N–H and O–H groups in total. The summed E-state index contributed by atoms with van der Waals surface area (Å²) in [5.74, 6) is 0. The maximum absolute atomic E-state index is 6.51. The number of anilines is 3. The van der Waals surface area contributed by atoms with Crippen molar-refractivity contribution >= 4 is 39.0 Å². The summed E-state index contributed by atoms with van der Waals surface area (Å²) >= 11 is 0. The van der Waals surface area contributed by atoms with Crippen molar-refractivity contribution in [3.05, 3.63) is 209 Å². The minimum atomic E-state index is -0.434. The van der Waals surface area contributed by atoms with Crippen molar-refractivity contribution in [2.24, 2.45) is 0 Å². The van der Waals surface area contributed by atoms with Gasteiger partial charge in [0.05, 0.1) is 16.5 Å². The van der Waals surface area contributed by atoms with Gasteiger partial charge in [0.15, 0.2) is 0 Å². The van der Waals surface area contributed by atoms with Gasteiger partial charge in [-0.05, 0) is 109 Å². The van der Waals surface area contributed by atoms with Crippen molar-refractivity contribution in [3.8, 4) is 33.4 Å². The van der Waals surface area contributed by atoms with Crippen molar-refractivity contribution in [2.45, 2.75) is 24.7 Å². The molecule has 2 nitrogen and oxygen atoms in total. The second-order valence-corrected chi connectivity index (χ2v) is 15.6. The van der Waals surface area contributed by atoms with Gasteiger partial charge in [-0.15, -0.1) is 0 Å². The van der Waals surface area contributed by atoms with E-state index < -0.39 is 5.41 Å². The fourth-order valence-corrected chi connectivity index (χ4v) is 10.4. The molecule has 0 fully saturated rings. The lowest BCUT2D eigenvalue weighted by atomic mass is 9.70. The van der Waals surface area contributed by atoms with E-state index in [0.717, 1.165) is 39.0 Å². The zero-order chi connectivity index (χ0) is 35.8. The average Bonchev–Trinajstić information content (AvgIpc) is 3.91. The Morgan fingerprint density at radius 2 is 0.852 bits per heavy atom. The van der Waals surface area contributed by atoms with Gasteiger partial charge in [-0.2, -0.15) is 0 Å². The third kappa shape index (κ3) is 3.65. The monoisotopic (exact) mass is 689 g/mol. The van der Waals surface area contributed by atoms with E-state index in [1.54, 1.807) is 0 Å². The van der Waals surface area contributed by atoms with Crippen LogP contribution < -0.4 is 4.90 Å². The van der Waals surface area contributed by atoms with Gasteiger partial charge in [-0.1, -0.05) is 147 Å². The SMILES string of the molecule is CC1(C)c2ccccc2-c2ccc(N(c3ccc4c(c3)C3(c5ccccc5-c5ccccc53)c3ccccc3-4)c3cccc4oc5ccccc5c34)cc21. The van der Waals surface area contributed by atoms with Crippen LogP contribution in [0, 0.1) is 0 Å². The summed E-state index contributed by atoms with van der Waals surface area (Å²) in [5, 5.41) is 2.23. The number of furan rings is 1. The number of hydrogen-bond donors (Lipinski definition) is 0. The molecule has 1 heterocycles. The second kappa shape index (κ2) is 10.5. The number of nitrogens with zero attached hydrogens (tertiary/aromatic N) is 1. The maximum atomic E-state index is 6.51. The van der Waals surface area contributed by atoms with E-state index in [2.05, 4.69) is 195 Å². The first-order chi connectivity index (χ1) is 26.5. The second-order valence-electron chi connectivity index (χ2n) is 15.6. The topological polar surface area (TPSA) is 16.4 Å². The van der Waals surface area contributed by atoms with Gasteiger partial charge in [0.1, 0.15) is 11.2 Å². The van der Waals surface area contributed by atoms with E-state index >= 15 is 0 Å². The molecule has 0 unspecified atom stereocenters. The Morgan fingerprint density at radius 1 is 0.389 bits per heavy atom. The van der Waals surface area contributed by atoms with Gasteiger partial charge in [-0.25, -0.2) is 0 Å². The van der Waals surface area contributed by atoms with Crippen molar-refractivity contribution in [1.29, 1.82) is 0 Å². The molecule has 0 saturated heterocycles. The molecule has 0 bridgehead atoms. The highest BCUT2D eigenvalue weighted by molar-refractivity contribution is 6.13. The fourth-order valence-electron chi connectivity index (χ4n) is 10.4. The van der Waals surface area contributed by atoms with Gasteiger partial charge in [0, 0.05) is 22.2 Å². The first-order valence-corrected chi connectivity index (χ1v) is 18.9. The molecule has 0 radical (unpaired) electrons. The highest BCUT2D eigenvalue weighted by atomic mass is 16.3. The van der Waals surface area contributed by atoms with Crippen LogP contribution in [0.3, 0.4) is 0 Å². The van der Waals surface area contributed by atoms with Gasteiger partial charge in [0.2, 0.25) is 0 Å². The van der Waals surface area contributed by atoms with Crippen LogP contribution in [0.4, 0.5) is 17.1 Å². The highest BCUT2D eigenvalue weighted by Crippen LogP contribution is 2.63. The molecule has 254 valence electrons. The molecule has 0 atom stereocenters. The van der Waals surface area contributed by atoms with Crippen LogP contribution in [0.15, 0.2) is 180 Å². The summed E-state index contributed by atoms with van der Waals surface area (Å²) < 4.78 is 6.51. The molecule has 1 aromatic heterocycles. The number of hydrogen-bond acceptors (Lipinski definition) is 2. The lowest BCUT2D eigenvalue weighted by Crippen LogP contribution is -2.26. The predicted molar refractivity (Wildman–Crippen MR) is 222 cm³/mol. The molecule has 12 rings (SSSR count). The summed E-state index contributed by atoms with van der Waals surface area (Å²) in [6, 6.07) is 65.2. The zero-order valence-corrected chi connectivity index (χ0v) is 30.1. The summed E-state index contributed by atoms with van der Waals surface area (Å²) in [5.41, 5.74) is 20.5. The van der Waals surface area contributed by atoms with Crippen molar-refractivity contribution in [2.75, 3.05) is 4.90 Å². The largest absolute Gasteiger partial charge is 0.456 e. The third-order valence-corrected chi connectivity index (χ3v) is 12.7. The van der Waals surface area contributed by atoms with E-state index in [9.17, 15) is 0 Å². The van der Waals surface area contributed by atoms with Crippen LogP contribution in [0.25, 0.3) is 55.3 Å². The Hall–Kier alpha value is -6.64. The molecule has 3 aliphatic carbocycles. The van der Waals surface area contributed by atoms with Gasteiger partial charge in [-0.3, -0.25) is 0 Å². The van der Waals surface area contributed by atoms with Gasteiger partial charge < -0.3 is 9.32 Å². The molecular formula is C52H35NO. The van der Waals surface area contributed by atoms with Crippen molar-refractivity contribution in [3.63, 3.8) is 0 Å². The predicted octanol–water partition coefficient (Wildman–Crippen LogP) is 13.7. The van der Waals surface area contributed by atoms with Crippen LogP contribution >= 0.6 is 0 Å². The minimum absolute atomic E-state index is 0.136. The molecule has 0 aliphatic heterocycles. The fraction of sp³-hybridized carbons (Fsp3) is 0.0769. The normalized spacial score (nSPS) is 14.8. The summed E-state index contributed by atoms with van der Waals surface area (Å²) in [6.07, 6.45) is 0. The van der Waals surface area contributed by atoms with Crippen molar-refractivity contribution < 1.29 is 4.42 Å². The quantitative estimate of drug-likeness (QED) is 0.184. The van der Waals surface area contributed by atoms with Crippen LogP contribution in [0.1, 0.15) is 47.2 Å². The van der Waals surface area contributed by atoms with Crippen LogP contribution in [0.5, 0.6) is 0 Å². The molecule has 8 aromatic carbocycles. The maximum Gasteiger partial charge on any atom is 0.137 e. The Balaban J connectivity index is 1.16. The highest BCUT2D eigenvalue weighted by Gasteiger charge is 2.51. The summed E-state index contributed by atoms with van der Waals surface area (Å²) in [7, 11) is 0. The zero-order valence-electron chi connectivity index (χ0n) is 30.1. The number of para-hydroxylation sites is 1. The number of rotatable bonds is 3. The standard InChI is InChI=1S/C52H35NO/c1-51(2)41-19-8-3-14-34(41)38-28-26-32(30-45(38)51)53(47-23-13-25-49-50(47)40-18-7-12-24-48(40)54-49)33-27-29-39-37-17-6-11-22-44(37)52(46(39)31-33)42-20-9-4-15-35(42)36-16-5-10-21-43(36)52/h3-31H,1-2H3. The molecule has 2 heteroatoms. The van der Waals surface area contributed by atoms with Gasteiger partial charge in [0.25, 0.3) is 0 Å². The Labute approximate surface area is 314 Å². The van der Waals surface area contributed by atoms with E-state index in [0.29, 0.717) is 0 Å². The number of fused-ring (bicyclic) bond motifs is 16. The molecule has 54 heavy (non-hydrogen) atoms. The first-order valence-electron chi connectivity index (χ1n) is 18.9. The lowest BCUT2D eigenvalue weighted by molar-refractivity contribution is 0.660. The molecule has 0 saturated carbocycles. The van der Waals surface area contributed by atoms with Gasteiger partial charge >= 0.3 is 0 Å². The van der Waals surface area contributed by atoms with E-state index in [1.807, 2.05) is 0 Å². The molecule has 3 aliphatic rings. The Kier molecular flexibility index (Phi) is 5.81. The van der Waals surface area contributed by atoms with Crippen LogP contribution in [0.2, 0.25) is 0 Å². The van der Waals surface area contributed by atoms with Crippen LogP contribution in [-0.4, -0.2) is 0 Å². The molecular weight excluding hydrogens is 655 g/mol. The molecule has 9 aromatic rings. The van der Waals surface area contributed by atoms with E-state index in [-0.39, 0.29) is 5.41 Å². The summed E-state index contributed by atoms with van der Waals surface area (Å²) in [6.45, 7) is 4.73. The van der Waals surface area contributed by atoms with E-state index in [4.69, 9.17) is 4.42 Å². The molecule has 0 amide bonds. The smallest absolute Gasteiger partial charge is 0.137 e.